The quantitative estimate of drug-likeness (QED) is 0.235. The Hall–Kier alpha value is -5.33. The minimum absolute atomic E-state index is 0.0363. The van der Waals surface area contributed by atoms with Gasteiger partial charge in [0.1, 0.15) is 17.2 Å². The summed E-state index contributed by atoms with van der Waals surface area (Å²) in [7, 11) is 0. The molecule has 7 aromatic rings. The molecule has 0 radical (unpaired) electrons. The van der Waals surface area contributed by atoms with Gasteiger partial charge in [-0.05, 0) is 66.9 Å². The number of aromatic nitrogens is 7. The van der Waals surface area contributed by atoms with Crippen molar-refractivity contribution in [1.82, 2.24) is 40.5 Å². The third kappa shape index (κ3) is 4.93. The lowest BCUT2D eigenvalue weighted by molar-refractivity contribution is 0.0968. The zero-order chi connectivity index (χ0) is 30.3. The van der Waals surface area contributed by atoms with Crippen LogP contribution in [0.5, 0.6) is 0 Å². The van der Waals surface area contributed by atoms with Crippen molar-refractivity contribution in [2.24, 2.45) is 0 Å². The second-order valence-corrected chi connectivity index (χ2v) is 12.0. The van der Waals surface area contributed by atoms with Gasteiger partial charge in [-0.3, -0.25) is 14.8 Å². The van der Waals surface area contributed by atoms with Crippen LogP contribution in [0.15, 0.2) is 91.5 Å². The number of nitrogens with one attached hydrogen (secondary N) is 2. The zero-order valence-corrected chi connectivity index (χ0v) is 24.7. The number of aromatic amines is 1. The Kier molecular flexibility index (Phi) is 6.84. The summed E-state index contributed by atoms with van der Waals surface area (Å²) in [6.45, 7) is 1.46. The Labute approximate surface area is 260 Å². The molecule has 12 heteroatoms. The van der Waals surface area contributed by atoms with Gasteiger partial charge in [0.15, 0.2) is 5.65 Å². The maximum Gasteiger partial charge on any atom is 0.262 e. The Morgan fingerprint density at radius 3 is 2.69 bits per heavy atom. The summed E-state index contributed by atoms with van der Waals surface area (Å²) < 4.78 is 18.3. The molecule has 5 aromatic heterocycles. The standard InChI is InChI=1S/C33H26FN9OS/c34-27-15-23(43-32-28(40-41-43)4-2-13-36-32)9-10-25(27)33(44)42(24-3-1-12-35-19-24)31-26-16-30(45-29(26)11-14-37-31)21-7-5-20(6-8-21)22-17-38-39-18-22/h2,4-11,13-18,24,35H,1,3,12,19H2,(H,38,39)/t24-/m1/s1. The van der Waals surface area contributed by atoms with Crippen molar-refractivity contribution in [3.8, 4) is 27.3 Å². The van der Waals surface area contributed by atoms with Crippen molar-refractivity contribution in [1.29, 1.82) is 0 Å². The molecular formula is C33H26FN9OS. The van der Waals surface area contributed by atoms with E-state index >= 15 is 4.39 Å². The maximum atomic E-state index is 15.8. The number of fused-ring (bicyclic) bond motifs is 2. The summed E-state index contributed by atoms with van der Waals surface area (Å²) in [5, 5.41) is 19.4. The first-order chi connectivity index (χ1) is 22.1. The molecule has 0 bridgehead atoms. The number of anilines is 1. The summed E-state index contributed by atoms with van der Waals surface area (Å²) in [6.07, 6.45) is 8.69. The zero-order valence-electron chi connectivity index (χ0n) is 23.9. The number of hydrogen-bond acceptors (Lipinski definition) is 8. The third-order valence-corrected chi connectivity index (χ3v) is 9.29. The Balaban J connectivity index is 1.17. The van der Waals surface area contributed by atoms with Gasteiger partial charge in [-0.2, -0.15) is 9.78 Å². The van der Waals surface area contributed by atoms with E-state index in [1.54, 1.807) is 53.0 Å². The molecule has 6 heterocycles. The lowest BCUT2D eigenvalue weighted by Crippen LogP contribution is -2.49. The molecule has 45 heavy (non-hydrogen) atoms. The SMILES string of the molecule is O=C(c1ccc(-n2nnc3cccnc32)cc1F)N(c1nccc2sc(-c3ccc(-c4cn[nH]c4)cc3)cc12)[C@@H]1CCCNC1. The van der Waals surface area contributed by atoms with Gasteiger partial charge in [0.25, 0.3) is 5.91 Å². The molecule has 10 nitrogen and oxygen atoms in total. The molecule has 0 spiro atoms. The monoisotopic (exact) mass is 615 g/mol. The molecule has 0 unspecified atom stereocenters. The fourth-order valence-corrected chi connectivity index (χ4v) is 6.94. The Morgan fingerprint density at radius 2 is 1.89 bits per heavy atom. The van der Waals surface area contributed by atoms with Gasteiger partial charge in [-0.25, -0.2) is 14.4 Å². The van der Waals surface area contributed by atoms with Crippen LogP contribution in [0.1, 0.15) is 23.2 Å². The number of halogens is 1. The molecule has 1 fully saturated rings. The van der Waals surface area contributed by atoms with Gasteiger partial charge in [0.2, 0.25) is 0 Å². The van der Waals surface area contributed by atoms with Crippen LogP contribution in [0.4, 0.5) is 10.2 Å². The molecule has 8 rings (SSSR count). The van der Waals surface area contributed by atoms with Gasteiger partial charge in [-0.1, -0.05) is 29.5 Å². The van der Waals surface area contributed by atoms with Crippen LogP contribution in [0.2, 0.25) is 0 Å². The van der Waals surface area contributed by atoms with Crippen LogP contribution in [-0.4, -0.2) is 60.2 Å². The van der Waals surface area contributed by atoms with Crippen LogP contribution in [0, 0.1) is 5.82 Å². The Bertz CT molecular complexity index is 2150. The van der Waals surface area contributed by atoms with Crippen molar-refractivity contribution in [3.05, 3.63) is 103 Å². The van der Waals surface area contributed by atoms with Crippen molar-refractivity contribution in [3.63, 3.8) is 0 Å². The van der Waals surface area contributed by atoms with Crippen LogP contribution < -0.4 is 10.2 Å². The van der Waals surface area contributed by atoms with Crippen molar-refractivity contribution >= 4 is 44.3 Å². The van der Waals surface area contributed by atoms with E-state index in [0.717, 1.165) is 51.0 Å². The summed E-state index contributed by atoms with van der Waals surface area (Å²) in [5.74, 6) is -0.563. The molecule has 2 aromatic carbocycles. The predicted molar refractivity (Wildman–Crippen MR) is 172 cm³/mol. The van der Waals surface area contributed by atoms with E-state index in [0.29, 0.717) is 29.2 Å². The number of amides is 1. The molecule has 2 N–H and O–H groups in total. The molecule has 222 valence electrons. The number of pyridine rings is 2. The second-order valence-electron chi connectivity index (χ2n) is 10.9. The van der Waals surface area contributed by atoms with E-state index in [4.69, 9.17) is 4.98 Å². The largest absolute Gasteiger partial charge is 0.315 e. The van der Waals surface area contributed by atoms with Crippen molar-refractivity contribution in [2.45, 2.75) is 18.9 Å². The summed E-state index contributed by atoms with van der Waals surface area (Å²) >= 11 is 1.64. The molecule has 1 aliphatic heterocycles. The van der Waals surface area contributed by atoms with Gasteiger partial charge >= 0.3 is 0 Å². The van der Waals surface area contributed by atoms with Gasteiger partial charge in [0, 0.05) is 51.7 Å². The molecule has 0 saturated carbocycles. The third-order valence-electron chi connectivity index (χ3n) is 8.14. The fraction of sp³-hybridized carbons (Fsp3) is 0.152. The number of carbonyl (C=O) groups excluding carboxylic acids is 1. The normalized spacial score (nSPS) is 15.1. The maximum absolute atomic E-state index is 15.8. The predicted octanol–water partition coefficient (Wildman–Crippen LogP) is 6.02. The number of benzene rings is 2. The van der Waals surface area contributed by atoms with E-state index in [2.05, 4.69) is 61.1 Å². The first kappa shape index (κ1) is 27.2. The molecule has 0 aliphatic carbocycles. The van der Waals surface area contributed by atoms with Gasteiger partial charge in [-0.15, -0.1) is 16.4 Å². The smallest absolute Gasteiger partial charge is 0.262 e. The number of H-pyrrole nitrogens is 1. The van der Waals surface area contributed by atoms with E-state index in [1.165, 1.54) is 16.8 Å². The molecule has 1 amide bonds. The first-order valence-electron chi connectivity index (χ1n) is 14.6. The Morgan fingerprint density at radius 1 is 1.00 bits per heavy atom. The summed E-state index contributed by atoms with van der Waals surface area (Å²) in [4.78, 5) is 26.1. The highest BCUT2D eigenvalue weighted by Crippen LogP contribution is 2.39. The summed E-state index contributed by atoms with van der Waals surface area (Å²) in [5.41, 5.74) is 4.64. The fourth-order valence-electron chi connectivity index (χ4n) is 5.89. The highest BCUT2D eigenvalue weighted by Gasteiger charge is 2.32. The first-order valence-corrected chi connectivity index (χ1v) is 15.4. The van der Waals surface area contributed by atoms with Gasteiger partial charge < -0.3 is 5.32 Å². The van der Waals surface area contributed by atoms with E-state index in [9.17, 15) is 4.79 Å². The number of hydrogen-bond donors (Lipinski definition) is 2. The van der Waals surface area contributed by atoms with Crippen LogP contribution in [0.3, 0.4) is 0 Å². The van der Waals surface area contributed by atoms with E-state index < -0.39 is 11.7 Å². The van der Waals surface area contributed by atoms with Crippen LogP contribution in [-0.2, 0) is 0 Å². The second kappa shape index (κ2) is 11.3. The number of nitrogens with zero attached hydrogens (tertiary/aromatic N) is 7. The molecule has 1 atom stereocenters. The lowest BCUT2D eigenvalue weighted by atomic mass is 10.0. The van der Waals surface area contributed by atoms with Crippen molar-refractivity contribution < 1.29 is 9.18 Å². The lowest BCUT2D eigenvalue weighted by Gasteiger charge is -2.34. The van der Waals surface area contributed by atoms with E-state index in [1.807, 2.05) is 12.3 Å². The van der Waals surface area contributed by atoms with E-state index in [-0.39, 0.29) is 11.6 Å². The minimum atomic E-state index is -0.651. The number of carbonyl (C=O) groups is 1. The molecule has 1 saturated heterocycles. The van der Waals surface area contributed by atoms with Crippen molar-refractivity contribution in [2.75, 3.05) is 18.0 Å². The average Bonchev–Trinajstić information content (AvgIpc) is 3.86. The highest BCUT2D eigenvalue weighted by molar-refractivity contribution is 7.22. The highest BCUT2D eigenvalue weighted by atomic mass is 32.1. The number of thiophene rings is 1. The van der Waals surface area contributed by atoms with Crippen LogP contribution >= 0.6 is 11.3 Å². The summed E-state index contributed by atoms with van der Waals surface area (Å²) in [6, 6.07) is 20.2. The van der Waals surface area contributed by atoms with Crippen LogP contribution in [0.25, 0.3) is 48.5 Å². The minimum Gasteiger partial charge on any atom is -0.315 e. The number of rotatable bonds is 6. The molecular weight excluding hydrogens is 589 g/mol. The molecule has 1 aliphatic rings. The topological polar surface area (TPSA) is 118 Å². The number of piperidine rings is 1. The average molecular weight is 616 g/mol. The van der Waals surface area contributed by atoms with Gasteiger partial charge in [0.05, 0.1) is 23.5 Å².